The molecule has 0 saturated carbocycles. The SMILES string of the molecule is CC(=O)[C@@H](C)Sc1ccc(Cl)cc1[N+](=O)[O-]. The Labute approximate surface area is 102 Å². The summed E-state index contributed by atoms with van der Waals surface area (Å²) in [5.74, 6) is -0.0192. The zero-order valence-electron chi connectivity index (χ0n) is 8.77. The summed E-state index contributed by atoms with van der Waals surface area (Å²) < 4.78 is 0. The van der Waals surface area contributed by atoms with Crippen LogP contribution in [-0.2, 0) is 4.79 Å². The van der Waals surface area contributed by atoms with Gasteiger partial charge in [-0.05, 0) is 26.0 Å². The lowest BCUT2D eigenvalue weighted by Gasteiger charge is -2.07. The zero-order valence-corrected chi connectivity index (χ0v) is 10.3. The molecule has 1 rings (SSSR count). The van der Waals surface area contributed by atoms with Gasteiger partial charge in [-0.2, -0.15) is 0 Å². The van der Waals surface area contributed by atoms with Crippen molar-refractivity contribution >= 4 is 34.8 Å². The summed E-state index contributed by atoms with van der Waals surface area (Å²) >= 11 is 6.84. The number of ketones is 1. The molecule has 0 unspecified atom stereocenters. The van der Waals surface area contributed by atoms with Crippen LogP contribution in [0.4, 0.5) is 5.69 Å². The number of Topliss-reactive ketones (excluding diaryl/α,β-unsaturated/α-hetero) is 1. The first kappa shape index (κ1) is 13.0. The van der Waals surface area contributed by atoms with Crippen LogP contribution >= 0.6 is 23.4 Å². The molecule has 0 saturated heterocycles. The lowest BCUT2D eigenvalue weighted by atomic mass is 10.3. The fourth-order valence-corrected chi connectivity index (χ4v) is 2.12. The van der Waals surface area contributed by atoms with Crippen molar-refractivity contribution in [1.82, 2.24) is 0 Å². The smallest absolute Gasteiger partial charge is 0.284 e. The van der Waals surface area contributed by atoms with Gasteiger partial charge in [0.25, 0.3) is 5.69 Å². The number of rotatable bonds is 4. The van der Waals surface area contributed by atoms with Gasteiger partial charge in [-0.1, -0.05) is 11.6 Å². The number of nitro groups is 1. The molecular weight excluding hydrogens is 250 g/mol. The molecule has 0 heterocycles. The molecule has 0 aliphatic rings. The van der Waals surface area contributed by atoms with E-state index >= 15 is 0 Å². The Morgan fingerprint density at radius 2 is 2.19 bits per heavy atom. The largest absolute Gasteiger partial charge is 0.299 e. The second kappa shape index (κ2) is 5.32. The molecule has 0 bridgehead atoms. The van der Waals surface area contributed by atoms with Crippen LogP contribution in [0.2, 0.25) is 5.02 Å². The predicted molar refractivity (Wildman–Crippen MR) is 64.1 cm³/mol. The third-order valence-corrected chi connectivity index (χ3v) is 3.51. The molecule has 0 aliphatic heterocycles. The van der Waals surface area contributed by atoms with Crippen LogP contribution in [0, 0.1) is 10.1 Å². The van der Waals surface area contributed by atoms with Crippen molar-refractivity contribution in [3.05, 3.63) is 33.3 Å². The highest BCUT2D eigenvalue weighted by molar-refractivity contribution is 8.00. The summed E-state index contributed by atoms with van der Waals surface area (Å²) in [5, 5.41) is 10.8. The summed E-state index contributed by atoms with van der Waals surface area (Å²) in [6, 6.07) is 4.42. The van der Waals surface area contributed by atoms with E-state index < -0.39 is 4.92 Å². The molecule has 86 valence electrons. The highest BCUT2D eigenvalue weighted by Gasteiger charge is 2.18. The van der Waals surface area contributed by atoms with Gasteiger partial charge in [0.2, 0.25) is 0 Å². The molecular formula is C10H10ClNO3S. The first-order valence-electron chi connectivity index (χ1n) is 4.53. The Balaban J connectivity index is 3.04. The molecule has 0 spiro atoms. The number of nitrogens with zero attached hydrogens (tertiary/aromatic N) is 1. The van der Waals surface area contributed by atoms with Crippen LogP contribution in [0.1, 0.15) is 13.8 Å². The fraction of sp³-hybridized carbons (Fsp3) is 0.300. The van der Waals surface area contributed by atoms with E-state index in [0.29, 0.717) is 9.92 Å². The summed E-state index contributed by atoms with van der Waals surface area (Å²) in [5.41, 5.74) is -0.0643. The molecule has 0 aromatic heterocycles. The van der Waals surface area contributed by atoms with E-state index in [-0.39, 0.29) is 16.7 Å². The van der Waals surface area contributed by atoms with E-state index in [2.05, 4.69) is 0 Å². The van der Waals surface area contributed by atoms with Gasteiger partial charge in [-0.3, -0.25) is 14.9 Å². The second-order valence-corrected chi connectivity index (χ2v) is 5.06. The van der Waals surface area contributed by atoms with Crippen molar-refractivity contribution in [2.75, 3.05) is 0 Å². The topological polar surface area (TPSA) is 60.2 Å². The van der Waals surface area contributed by atoms with Gasteiger partial charge in [0, 0.05) is 11.1 Å². The van der Waals surface area contributed by atoms with Crippen LogP contribution in [0.5, 0.6) is 0 Å². The quantitative estimate of drug-likeness (QED) is 0.473. The Hall–Kier alpha value is -1.07. The van der Waals surface area contributed by atoms with Gasteiger partial charge >= 0.3 is 0 Å². The third-order valence-electron chi connectivity index (χ3n) is 1.99. The number of hydrogen-bond donors (Lipinski definition) is 0. The first-order chi connectivity index (χ1) is 7.41. The monoisotopic (exact) mass is 259 g/mol. The molecule has 4 nitrogen and oxygen atoms in total. The average Bonchev–Trinajstić information content (AvgIpc) is 2.20. The minimum absolute atomic E-state index is 0.0192. The average molecular weight is 260 g/mol. The lowest BCUT2D eigenvalue weighted by Crippen LogP contribution is -2.08. The third kappa shape index (κ3) is 3.21. The van der Waals surface area contributed by atoms with Crippen LogP contribution in [-0.4, -0.2) is 16.0 Å². The number of carbonyl (C=O) groups excluding carboxylic acids is 1. The number of nitro benzene ring substituents is 1. The molecule has 0 radical (unpaired) electrons. The van der Waals surface area contributed by atoms with Gasteiger partial charge in [0.05, 0.1) is 15.1 Å². The van der Waals surface area contributed by atoms with Gasteiger partial charge in [0.15, 0.2) is 0 Å². The fourth-order valence-electron chi connectivity index (χ4n) is 1.01. The van der Waals surface area contributed by atoms with Crippen LogP contribution in [0.15, 0.2) is 23.1 Å². The number of benzene rings is 1. The van der Waals surface area contributed by atoms with Crippen molar-refractivity contribution in [2.45, 2.75) is 24.0 Å². The highest BCUT2D eigenvalue weighted by Crippen LogP contribution is 2.34. The lowest BCUT2D eigenvalue weighted by molar-refractivity contribution is -0.387. The van der Waals surface area contributed by atoms with Crippen LogP contribution in [0.3, 0.4) is 0 Å². The normalized spacial score (nSPS) is 12.2. The highest BCUT2D eigenvalue weighted by atomic mass is 35.5. The molecule has 0 fully saturated rings. The summed E-state index contributed by atoms with van der Waals surface area (Å²) in [6.45, 7) is 3.17. The maximum atomic E-state index is 11.1. The second-order valence-electron chi connectivity index (χ2n) is 3.24. The van der Waals surface area contributed by atoms with Crippen LogP contribution in [0.25, 0.3) is 0 Å². The van der Waals surface area contributed by atoms with Crippen LogP contribution < -0.4 is 0 Å². The van der Waals surface area contributed by atoms with Crippen molar-refractivity contribution < 1.29 is 9.72 Å². The van der Waals surface area contributed by atoms with Crippen molar-refractivity contribution in [3.8, 4) is 0 Å². The number of halogens is 1. The van der Waals surface area contributed by atoms with Gasteiger partial charge in [-0.15, -0.1) is 11.8 Å². The Morgan fingerprint density at radius 1 is 1.56 bits per heavy atom. The van der Waals surface area contributed by atoms with E-state index in [9.17, 15) is 14.9 Å². The Morgan fingerprint density at radius 3 is 2.69 bits per heavy atom. The van der Waals surface area contributed by atoms with Gasteiger partial charge < -0.3 is 0 Å². The van der Waals surface area contributed by atoms with E-state index in [0.717, 1.165) is 0 Å². The summed E-state index contributed by atoms with van der Waals surface area (Å²) in [4.78, 5) is 21.8. The first-order valence-corrected chi connectivity index (χ1v) is 5.78. The Bertz CT molecular complexity index is 436. The molecule has 1 aromatic rings. The van der Waals surface area contributed by atoms with E-state index in [4.69, 9.17) is 11.6 Å². The van der Waals surface area contributed by atoms with Gasteiger partial charge in [-0.25, -0.2) is 0 Å². The number of hydrogen-bond acceptors (Lipinski definition) is 4. The summed E-state index contributed by atoms with van der Waals surface area (Å²) in [7, 11) is 0. The minimum atomic E-state index is -0.499. The molecule has 0 amide bonds. The van der Waals surface area contributed by atoms with Crippen molar-refractivity contribution in [2.24, 2.45) is 0 Å². The molecule has 1 atom stereocenters. The van der Waals surface area contributed by atoms with E-state index in [1.807, 2.05) is 0 Å². The Kier molecular flexibility index (Phi) is 4.32. The maximum Gasteiger partial charge on any atom is 0.284 e. The van der Waals surface area contributed by atoms with Gasteiger partial charge in [0.1, 0.15) is 5.78 Å². The molecule has 0 N–H and O–H groups in total. The summed E-state index contributed by atoms with van der Waals surface area (Å²) in [6.07, 6.45) is 0. The van der Waals surface area contributed by atoms with E-state index in [1.54, 1.807) is 19.1 Å². The van der Waals surface area contributed by atoms with Crippen molar-refractivity contribution in [1.29, 1.82) is 0 Å². The number of carbonyl (C=O) groups is 1. The standard InChI is InChI=1S/C10H10ClNO3S/c1-6(13)7(2)16-10-4-3-8(11)5-9(10)12(14)15/h3-5,7H,1-2H3/t7-/m1/s1. The molecule has 0 aliphatic carbocycles. The maximum absolute atomic E-state index is 11.1. The van der Waals surface area contributed by atoms with Crippen molar-refractivity contribution in [3.63, 3.8) is 0 Å². The zero-order chi connectivity index (χ0) is 12.3. The minimum Gasteiger partial charge on any atom is -0.299 e. The van der Waals surface area contributed by atoms with E-state index in [1.165, 1.54) is 24.8 Å². The predicted octanol–water partition coefficient (Wildman–Crippen LogP) is 3.32. The molecule has 6 heteroatoms. The molecule has 16 heavy (non-hydrogen) atoms. The molecule has 1 aromatic carbocycles. The number of thioether (sulfide) groups is 1.